The molecule has 88 valence electrons. The number of hydrogen-bond donors (Lipinski definition) is 0. The zero-order valence-electron chi connectivity index (χ0n) is 10.2. The van der Waals surface area contributed by atoms with Gasteiger partial charge in [0.1, 0.15) is 0 Å². The minimum absolute atomic E-state index is 0.241. The van der Waals surface area contributed by atoms with E-state index in [4.69, 9.17) is 0 Å². The summed E-state index contributed by atoms with van der Waals surface area (Å²) < 4.78 is 0. The molecule has 16 heavy (non-hydrogen) atoms. The Balaban J connectivity index is 2.76. The second kappa shape index (κ2) is 5.86. The summed E-state index contributed by atoms with van der Waals surface area (Å²) in [5.74, 6) is 0. The summed E-state index contributed by atoms with van der Waals surface area (Å²) in [6.07, 6.45) is 12.4. The van der Waals surface area contributed by atoms with Crippen molar-refractivity contribution in [3.8, 4) is 0 Å². The molecule has 1 rings (SSSR count). The van der Waals surface area contributed by atoms with Gasteiger partial charge in [-0.15, -0.1) is 26.3 Å². The Bertz CT molecular complexity index is 267. The standard InChI is InChI=1S/C15H23N/c1-5-9-14-13-15(10-6-2,11-7-3)16(14)12-8-4/h5-8,14H,1-4,9-13H2. The highest BCUT2D eigenvalue weighted by Crippen LogP contribution is 2.43. The first-order valence-electron chi connectivity index (χ1n) is 5.94. The molecule has 0 aliphatic carbocycles. The maximum absolute atomic E-state index is 3.87. The smallest absolute Gasteiger partial charge is 0.0299 e. The largest absolute Gasteiger partial charge is 0.290 e. The summed E-state index contributed by atoms with van der Waals surface area (Å²) in [6, 6.07) is 0.621. The third kappa shape index (κ3) is 2.35. The van der Waals surface area contributed by atoms with E-state index in [0.29, 0.717) is 6.04 Å². The first kappa shape index (κ1) is 13.0. The number of likely N-dealkylation sites (tertiary alicyclic amines) is 1. The first-order valence-corrected chi connectivity index (χ1v) is 5.94. The molecular formula is C15H23N. The second-order valence-electron chi connectivity index (χ2n) is 4.53. The van der Waals surface area contributed by atoms with Crippen LogP contribution in [0.15, 0.2) is 50.6 Å². The topological polar surface area (TPSA) is 3.24 Å². The van der Waals surface area contributed by atoms with Crippen LogP contribution in [0, 0.1) is 0 Å². The Kier molecular flexibility index (Phi) is 4.75. The van der Waals surface area contributed by atoms with Gasteiger partial charge < -0.3 is 0 Å². The van der Waals surface area contributed by atoms with Crippen LogP contribution in [0.2, 0.25) is 0 Å². The van der Waals surface area contributed by atoms with E-state index in [9.17, 15) is 0 Å². The van der Waals surface area contributed by atoms with Crippen molar-refractivity contribution in [3.05, 3.63) is 50.6 Å². The summed E-state index contributed by atoms with van der Waals surface area (Å²) in [5.41, 5.74) is 0.241. The molecule has 1 aliphatic heterocycles. The van der Waals surface area contributed by atoms with Gasteiger partial charge in [0.25, 0.3) is 0 Å². The molecule has 0 N–H and O–H groups in total. The molecule has 1 heterocycles. The molecule has 0 bridgehead atoms. The zero-order chi connectivity index (χ0) is 12.0. The monoisotopic (exact) mass is 217 g/mol. The quantitative estimate of drug-likeness (QED) is 0.560. The van der Waals surface area contributed by atoms with Crippen LogP contribution in [-0.2, 0) is 0 Å². The fraction of sp³-hybridized carbons (Fsp3) is 0.467. The van der Waals surface area contributed by atoms with Gasteiger partial charge in [-0.2, -0.15) is 0 Å². The van der Waals surface area contributed by atoms with Crippen molar-refractivity contribution in [2.24, 2.45) is 0 Å². The molecule has 1 fully saturated rings. The van der Waals surface area contributed by atoms with Gasteiger partial charge >= 0.3 is 0 Å². The van der Waals surface area contributed by atoms with E-state index in [-0.39, 0.29) is 5.54 Å². The van der Waals surface area contributed by atoms with Crippen molar-refractivity contribution in [2.45, 2.75) is 37.3 Å². The molecule has 0 aromatic carbocycles. The summed E-state index contributed by atoms with van der Waals surface area (Å²) in [6.45, 7) is 16.3. The molecule has 0 radical (unpaired) electrons. The van der Waals surface area contributed by atoms with E-state index in [1.54, 1.807) is 0 Å². The molecule has 1 saturated heterocycles. The fourth-order valence-corrected chi connectivity index (χ4v) is 2.85. The van der Waals surface area contributed by atoms with Gasteiger partial charge in [0, 0.05) is 18.1 Å². The van der Waals surface area contributed by atoms with Crippen LogP contribution in [0.4, 0.5) is 0 Å². The van der Waals surface area contributed by atoms with Crippen LogP contribution in [0.3, 0.4) is 0 Å². The molecule has 0 aromatic heterocycles. The molecule has 1 unspecified atom stereocenters. The summed E-state index contributed by atoms with van der Waals surface area (Å²) >= 11 is 0. The average molecular weight is 217 g/mol. The zero-order valence-corrected chi connectivity index (χ0v) is 10.2. The van der Waals surface area contributed by atoms with E-state index >= 15 is 0 Å². The van der Waals surface area contributed by atoms with Crippen molar-refractivity contribution in [1.29, 1.82) is 0 Å². The van der Waals surface area contributed by atoms with Gasteiger partial charge in [-0.3, -0.25) is 4.90 Å². The second-order valence-corrected chi connectivity index (χ2v) is 4.53. The molecule has 0 spiro atoms. The Morgan fingerprint density at radius 3 is 2.06 bits per heavy atom. The lowest BCUT2D eigenvalue weighted by Crippen LogP contribution is -2.65. The maximum Gasteiger partial charge on any atom is 0.0299 e. The SMILES string of the molecule is C=CCC1CC(CC=C)(CC=C)N1CC=C. The molecule has 1 heteroatoms. The minimum atomic E-state index is 0.241. The molecule has 0 saturated carbocycles. The van der Waals surface area contributed by atoms with E-state index < -0.39 is 0 Å². The predicted octanol–water partition coefficient (Wildman–Crippen LogP) is 3.71. The summed E-state index contributed by atoms with van der Waals surface area (Å²) in [5, 5.41) is 0. The average Bonchev–Trinajstić information content (AvgIpc) is 2.26. The third-order valence-corrected chi connectivity index (χ3v) is 3.48. The van der Waals surface area contributed by atoms with Crippen molar-refractivity contribution in [3.63, 3.8) is 0 Å². The summed E-state index contributed by atoms with van der Waals surface area (Å²) in [7, 11) is 0. The highest BCUT2D eigenvalue weighted by molar-refractivity contribution is 5.12. The van der Waals surface area contributed by atoms with E-state index in [1.165, 1.54) is 6.42 Å². The van der Waals surface area contributed by atoms with Crippen molar-refractivity contribution < 1.29 is 0 Å². The van der Waals surface area contributed by atoms with Gasteiger partial charge in [-0.05, 0) is 25.7 Å². The highest BCUT2D eigenvalue weighted by atomic mass is 15.3. The van der Waals surface area contributed by atoms with Crippen LogP contribution >= 0.6 is 0 Å². The predicted molar refractivity (Wildman–Crippen MR) is 72.5 cm³/mol. The molecule has 1 atom stereocenters. The van der Waals surface area contributed by atoms with Gasteiger partial charge in [0.15, 0.2) is 0 Å². The highest BCUT2D eigenvalue weighted by Gasteiger charge is 2.48. The molecule has 1 aliphatic rings. The number of rotatable bonds is 8. The van der Waals surface area contributed by atoms with Gasteiger partial charge in [-0.25, -0.2) is 0 Å². The molecule has 0 amide bonds. The van der Waals surface area contributed by atoms with Crippen LogP contribution in [0.25, 0.3) is 0 Å². The van der Waals surface area contributed by atoms with Crippen LogP contribution in [0.5, 0.6) is 0 Å². The van der Waals surface area contributed by atoms with E-state index in [1.807, 2.05) is 24.3 Å². The maximum atomic E-state index is 3.87. The lowest BCUT2D eigenvalue weighted by Gasteiger charge is -2.58. The summed E-state index contributed by atoms with van der Waals surface area (Å²) in [4.78, 5) is 2.52. The van der Waals surface area contributed by atoms with E-state index in [2.05, 4.69) is 31.2 Å². The Morgan fingerprint density at radius 1 is 1.00 bits per heavy atom. The molecule has 0 aromatic rings. The van der Waals surface area contributed by atoms with Crippen molar-refractivity contribution in [1.82, 2.24) is 4.90 Å². The first-order chi connectivity index (χ1) is 7.74. The van der Waals surface area contributed by atoms with Crippen molar-refractivity contribution >= 4 is 0 Å². The normalized spacial score (nSPS) is 23.1. The van der Waals surface area contributed by atoms with Gasteiger partial charge in [-0.1, -0.05) is 24.3 Å². The van der Waals surface area contributed by atoms with Crippen LogP contribution < -0.4 is 0 Å². The van der Waals surface area contributed by atoms with E-state index in [0.717, 1.165) is 25.8 Å². The fourth-order valence-electron chi connectivity index (χ4n) is 2.85. The van der Waals surface area contributed by atoms with Gasteiger partial charge in [0.05, 0.1) is 0 Å². The molecule has 1 nitrogen and oxygen atoms in total. The van der Waals surface area contributed by atoms with Crippen LogP contribution in [-0.4, -0.2) is 23.0 Å². The number of hydrogen-bond acceptors (Lipinski definition) is 1. The Labute approximate surface area is 99.8 Å². The lowest BCUT2D eigenvalue weighted by molar-refractivity contribution is -0.0597. The Morgan fingerprint density at radius 2 is 1.62 bits per heavy atom. The number of nitrogens with zero attached hydrogens (tertiary/aromatic N) is 1. The third-order valence-electron chi connectivity index (χ3n) is 3.48. The van der Waals surface area contributed by atoms with Crippen LogP contribution in [0.1, 0.15) is 25.7 Å². The lowest BCUT2D eigenvalue weighted by atomic mass is 9.72. The Hall–Kier alpha value is -1.08. The van der Waals surface area contributed by atoms with Gasteiger partial charge in [0.2, 0.25) is 0 Å². The molecular weight excluding hydrogens is 194 g/mol. The van der Waals surface area contributed by atoms with Crippen molar-refractivity contribution in [2.75, 3.05) is 6.54 Å². The minimum Gasteiger partial charge on any atom is -0.290 e.